The number of pyridine rings is 1. The predicted molar refractivity (Wildman–Crippen MR) is 90.5 cm³/mol. The molecule has 1 fully saturated rings. The Kier molecular flexibility index (Phi) is 4.28. The number of H-pyrrole nitrogens is 1. The number of ether oxygens (including phenoxy) is 1. The third kappa shape index (κ3) is 3.84. The van der Waals surface area contributed by atoms with Gasteiger partial charge in [-0.15, -0.1) is 0 Å². The van der Waals surface area contributed by atoms with Gasteiger partial charge in [-0.25, -0.2) is 4.79 Å². The second-order valence-corrected chi connectivity index (χ2v) is 7.37. The molecule has 0 saturated heterocycles. The van der Waals surface area contributed by atoms with Gasteiger partial charge in [-0.3, -0.25) is 4.98 Å². The second kappa shape index (κ2) is 6.22. The van der Waals surface area contributed by atoms with Gasteiger partial charge in [0.25, 0.3) is 0 Å². The number of carbonyl (C=O) groups excluding carboxylic acids is 1. The highest BCUT2D eigenvalue weighted by Gasteiger charge is 2.27. The fourth-order valence-electron chi connectivity index (χ4n) is 3.41. The molecule has 3 rings (SSSR count). The molecule has 2 N–H and O–H groups in total. The first-order valence-electron chi connectivity index (χ1n) is 8.33. The zero-order chi connectivity index (χ0) is 16.4. The average molecular weight is 315 g/mol. The standard InChI is InChI=1S/C18H25N3O2/c1-18(2,3)23-17(22)21-13-6-4-5-12(9-13)15-10-20-16-11-19-8-7-14(15)16/h7-8,10-13,20H,4-6,9H2,1-3H3,(H,21,22)/t12?,13-/m0/s1. The Balaban J connectivity index is 1.68. The molecular formula is C18H25N3O2. The summed E-state index contributed by atoms with van der Waals surface area (Å²) in [6, 6.07) is 2.24. The normalized spacial score (nSPS) is 22.0. The minimum absolute atomic E-state index is 0.176. The van der Waals surface area contributed by atoms with Gasteiger partial charge < -0.3 is 15.0 Å². The summed E-state index contributed by atoms with van der Waals surface area (Å²) in [6.45, 7) is 5.66. The van der Waals surface area contributed by atoms with Crippen molar-refractivity contribution in [1.82, 2.24) is 15.3 Å². The molecule has 5 heteroatoms. The first-order valence-corrected chi connectivity index (χ1v) is 8.33. The van der Waals surface area contributed by atoms with Crippen LogP contribution in [-0.2, 0) is 4.74 Å². The second-order valence-electron chi connectivity index (χ2n) is 7.37. The smallest absolute Gasteiger partial charge is 0.407 e. The van der Waals surface area contributed by atoms with Crippen LogP contribution < -0.4 is 5.32 Å². The maximum atomic E-state index is 12.0. The summed E-state index contributed by atoms with van der Waals surface area (Å²) in [7, 11) is 0. The van der Waals surface area contributed by atoms with Crippen LogP contribution in [0.2, 0.25) is 0 Å². The number of carbonyl (C=O) groups is 1. The summed E-state index contributed by atoms with van der Waals surface area (Å²) in [5.74, 6) is 0.458. The van der Waals surface area contributed by atoms with Crippen molar-refractivity contribution in [2.45, 2.75) is 64.0 Å². The predicted octanol–water partition coefficient (Wildman–Crippen LogP) is 4.11. The number of nitrogens with zero attached hydrogens (tertiary/aromatic N) is 1. The Hall–Kier alpha value is -2.04. The van der Waals surface area contributed by atoms with Crippen LogP contribution in [0.5, 0.6) is 0 Å². The van der Waals surface area contributed by atoms with Crippen molar-refractivity contribution >= 4 is 17.0 Å². The molecule has 1 saturated carbocycles. The van der Waals surface area contributed by atoms with Crippen LogP contribution in [0.15, 0.2) is 24.7 Å². The largest absolute Gasteiger partial charge is 0.444 e. The molecule has 2 atom stereocenters. The van der Waals surface area contributed by atoms with Crippen molar-refractivity contribution in [3.05, 3.63) is 30.2 Å². The van der Waals surface area contributed by atoms with E-state index in [2.05, 4.69) is 27.5 Å². The number of hydrogen-bond acceptors (Lipinski definition) is 3. The number of aromatic nitrogens is 2. The van der Waals surface area contributed by atoms with E-state index in [0.29, 0.717) is 5.92 Å². The number of amides is 1. The number of aromatic amines is 1. The summed E-state index contributed by atoms with van der Waals surface area (Å²) in [5.41, 5.74) is 1.95. The molecule has 1 amide bonds. The van der Waals surface area contributed by atoms with Crippen molar-refractivity contribution < 1.29 is 9.53 Å². The summed E-state index contributed by atoms with van der Waals surface area (Å²) in [4.78, 5) is 19.4. The maximum Gasteiger partial charge on any atom is 0.407 e. The number of fused-ring (bicyclic) bond motifs is 1. The number of alkyl carbamates (subject to hydrolysis) is 1. The van der Waals surface area contributed by atoms with Crippen molar-refractivity contribution in [1.29, 1.82) is 0 Å². The molecule has 5 nitrogen and oxygen atoms in total. The lowest BCUT2D eigenvalue weighted by Gasteiger charge is -2.30. The molecule has 0 aromatic carbocycles. The van der Waals surface area contributed by atoms with E-state index in [-0.39, 0.29) is 12.1 Å². The molecule has 1 aliphatic rings. The van der Waals surface area contributed by atoms with E-state index in [1.54, 1.807) is 0 Å². The number of nitrogens with one attached hydrogen (secondary N) is 2. The lowest BCUT2D eigenvalue weighted by molar-refractivity contribution is 0.0490. The molecule has 124 valence electrons. The Morgan fingerprint density at radius 1 is 1.39 bits per heavy atom. The average Bonchev–Trinajstić information content (AvgIpc) is 2.89. The third-order valence-corrected chi connectivity index (χ3v) is 4.35. The Morgan fingerprint density at radius 2 is 2.22 bits per heavy atom. The Labute approximate surface area is 136 Å². The highest BCUT2D eigenvalue weighted by Crippen LogP contribution is 2.36. The Bertz CT molecular complexity index is 687. The lowest BCUT2D eigenvalue weighted by atomic mass is 9.81. The summed E-state index contributed by atoms with van der Waals surface area (Å²) < 4.78 is 5.37. The topological polar surface area (TPSA) is 67.0 Å². The summed E-state index contributed by atoms with van der Waals surface area (Å²) >= 11 is 0. The van der Waals surface area contributed by atoms with E-state index >= 15 is 0 Å². The number of hydrogen-bond donors (Lipinski definition) is 2. The van der Waals surface area contributed by atoms with E-state index < -0.39 is 5.60 Å². The van der Waals surface area contributed by atoms with Crippen molar-refractivity contribution in [3.63, 3.8) is 0 Å². The van der Waals surface area contributed by atoms with Crippen molar-refractivity contribution in [2.24, 2.45) is 0 Å². The molecule has 2 heterocycles. The van der Waals surface area contributed by atoms with Crippen LogP contribution in [0.4, 0.5) is 4.79 Å². The minimum Gasteiger partial charge on any atom is -0.444 e. The molecule has 0 radical (unpaired) electrons. The van der Waals surface area contributed by atoms with E-state index in [1.165, 1.54) is 10.9 Å². The monoisotopic (exact) mass is 315 g/mol. The third-order valence-electron chi connectivity index (χ3n) is 4.35. The van der Waals surface area contributed by atoms with Gasteiger partial charge in [0.1, 0.15) is 5.60 Å². The van der Waals surface area contributed by atoms with Gasteiger partial charge in [0.15, 0.2) is 0 Å². The van der Waals surface area contributed by atoms with Crippen LogP contribution in [0.3, 0.4) is 0 Å². The molecule has 2 aromatic rings. The van der Waals surface area contributed by atoms with E-state index in [4.69, 9.17) is 4.74 Å². The van der Waals surface area contributed by atoms with Gasteiger partial charge in [0.2, 0.25) is 0 Å². The van der Waals surface area contributed by atoms with Gasteiger partial charge in [-0.1, -0.05) is 6.42 Å². The van der Waals surface area contributed by atoms with E-state index in [1.807, 2.05) is 33.2 Å². The van der Waals surface area contributed by atoms with Crippen molar-refractivity contribution in [3.8, 4) is 0 Å². The molecule has 1 aliphatic carbocycles. The molecule has 23 heavy (non-hydrogen) atoms. The van der Waals surface area contributed by atoms with Crippen LogP contribution in [0, 0.1) is 0 Å². The molecule has 1 unspecified atom stereocenters. The van der Waals surface area contributed by atoms with Crippen LogP contribution >= 0.6 is 0 Å². The summed E-state index contributed by atoms with van der Waals surface area (Å²) in [5, 5.41) is 4.27. The first kappa shape index (κ1) is 15.8. The number of rotatable bonds is 2. The van der Waals surface area contributed by atoms with Crippen LogP contribution in [-0.4, -0.2) is 27.7 Å². The van der Waals surface area contributed by atoms with E-state index in [0.717, 1.165) is 31.2 Å². The fourth-order valence-corrected chi connectivity index (χ4v) is 3.41. The molecular weight excluding hydrogens is 290 g/mol. The zero-order valence-electron chi connectivity index (χ0n) is 14.1. The molecule has 0 bridgehead atoms. The maximum absolute atomic E-state index is 12.0. The highest BCUT2D eigenvalue weighted by atomic mass is 16.6. The SMILES string of the molecule is CC(C)(C)OC(=O)N[C@H]1CCCC(c2c[nH]c3cnccc23)C1. The zero-order valence-corrected chi connectivity index (χ0v) is 14.1. The molecule has 0 aliphatic heterocycles. The highest BCUT2D eigenvalue weighted by molar-refractivity contribution is 5.82. The van der Waals surface area contributed by atoms with Crippen LogP contribution in [0.1, 0.15) is 57.9 Å². The van der Waals surface area contributed by atoms with E-state index in [9.17, 15) is 4.79 Å². The van der Waals surface area contributed by atoms with Crippen molar-refractivity contribution in [2.75, 3.05) is 0 Å². The summed E-state index contributed by atoms with van der Waals surface area (Å²) in [6.07, 6.45) is 9.70. The van der Waals surface area contributed by atoms with Crippen LogP contribution in [0.25, 0.3) is 10.9 Å². The Morgan fingerprint density at radius 3 is 3.00 bits per heavy atom. The first-order chi connectivity index (χ1) is 10.9. The van der Waals surface area contributed by atoms with Gasteiger partial charge in [-0.05, 0) is 57.6 Å². The molecule has 2 aromatic heterocycles. The fraction of sp³-hybridized carbons (Fsp3) is 0.556. The minimum atomic E-state index is -0.456. The molecule has 0 spiro atoms. The van der Waals surface area contributed by atoms with Gasteiger partial charge >= 0.3 is 6.09 Å². The van der Waals surface area contributed by atoms with Gasteiger partial charge in [0, 0.05) is 23.8 Å². The van der Waals surface area contributed by atoms with Gasteiger partial charge in [-0.2, -0.15) is 0 Å². The quantitative estimate of drug-likeness (QED) is 0.876. The van der Waals surface area contributed by atoms with Gasteiger partial charge in [0.05, 0.1) is 11.7 Å². The lowest BCUT2D eigenvalue weighted by Crippen LogP contribution is -2.41.